The summed E-state index contributed by atoms with van der Waals surface area (Å²) in [5.41, 5.74) is 0.00672. The van der Waals surface area contributed by atoms with Crippen LogP contribution >= 0.6 is 0 Å². The molecular formula is C12H12F3N3O. The Kier molecular flexibility index (Phi) is 3.84. The molecule has 0 bridgehead atoms. The molecule has 1 heterocycles. The second-order valence-electron chi connectivity index (χ2n) is 4.16. The van der Waals surface area contributed by atoms with Crippen molar-refractivity contribution in [1.82, 2.24) is 15.5 Å². The fourth-order valence-electron chi connectivity index (χ4n) is 1.51. The van der Waals surface area contributed by atoms with Crippen molar-refractivity contribution in [2.75, 3.05) is 7.05 Å². The van der Waals surface area contributed by atoms with Gasteiger partial charge in [-0.1, -0.05) is 5.16 Å². The molecule has 102 valence electrons. The SMILES string of the molecule is CNC(C)Cc1noc(-c2cc(F)c(F)c(F)c2)n1. The maximum absolute atomic E-state index is 13.1. The molecule has 4 nitrogen and oxygen atoms in total. The third-order valence-electron chi connectivity index (χ3n) is 2.68. The van der Waals surface area contributed by atoms with E-state index in [1.54, 1.807) is 7.05 Å². The Morgan fingerprint density at radius 1 is 1.26 bits per heavy atom. The molecular weight excluding hydrogens is 259 g/mol. The summed E-state index contributed by atoms with van der Waals surface area (Å²) >= 11 is 0. The van der Waals surface area contributed by atoms with Crippen molar-refractivity contribution in [3.8, 4) is 11.5 Å². The van der Waals surface area contributed by atoms with Crippen LogP contribution in [0.15, 0.2) is 16.7 Å². The van der Waals surface area contributed by atoms with Crippen LogP contribution in [0.4, 0.5) is 13.2 Å². The van der Waals surface area contributed by atoms with E-state index in [1.807, 2.05) is 6.92 Å². The number of halogens is 3. The molecule has 2 aromatic rings. The number of benzene rings is 1. The summed E-state index contributed by atoms with van der Waals surface area (Å²) in [4.78, 5) is 4.01. The normalized spacial score (nSPS) is 12.7. The second kappa shape index (κ2) is 5.40. The summed E-state index contributed by atoms with van der Waals surface area (Å²) in [7, 11) is 1.79. The first-order chi connectivity index (χ1) is 9.01. The number of rotatable bonds is 4. The average molecular weight is 271 g/mol. The zero-order chi connectivity index (χ0) is 14.0. The van der Waals surface area contributed by atoms with Gasteiger partial charge in [0, 0.05) is 18.0 Å². The van der Waals surface area contributed by atoms with Crippen molar-refractivity contribution in [2.45, 2.75) is 19.4 Å². The molecule has 7 heteroatoms. The molecule has 0 aliphatic carbocycles. The summed E-state index contributed by atoms with van der Waals surface area (Å²) in [6.45, 7) is 1.92. The van der Waals surface area contributed by atoms with E-state index < -0.39 is 17.5 Å². The zero-order valence-electron chi connectivity index (χ0n) is 10.4. The first-order valence-electron chi connectivity index (χ1n) is 5.66. The van der Waals surface area contributed by atoms with E-state index in [2.05, 4.69) is 15.5 Å². The van der Waals surface area contributed by atoms with Crippen LogP contribution in [0.3, 0.4) is 0 Å². The van der Waals surface area contributed by atoms with Gasteiger partial charge in [0.05, 0.1) is 0 Å². The fourth-order valence-corrected chi connectivity index (χ4v) is 1.51. The number of hydrogen-bond acceptors (Lipinski definition) is 4. The largest absolute Gasteiger partial charge is 0.334 e. The zero-order valence-corrected chi connectivity index (χ0v) is 10.4. The molecule has 0 saturated heterocycles. The molecule has 0 aliphatic rings. The van der Waals surface area contributed by atoms with Gasteiger partial charge in [0.2, 0.25) is 0 Å². The van der Waals surface area contributed by atoms with E-state index in [1.165, 1.54) is 0 Å². The van der Waals surface area contributed by atoms with E-state index in [0.29, 0.717) is 12.2 Å². The maximum atomic E-state index is 13.1. The van der Waals surface area contributed by atoms with Crippen LogP contribution in [0.2, 0.25) is 0 Å². The molecule has 19 heavy (non-hydrogen) atoms. The Balaban J connectivity index is 2.28. The number of likely N-dealkylation sites (N-methyl/N-ethyl adjacent to an activating group) is 1. The molecule has 0 amide bonds. The molecule has 2 rings (SSSR count). The fraction of sp³-hybridized carbons (Fsp3) is 0.333. The van der Waals surface area contributed by atoms with E-state index >= 15 is 0 Å². The van der Waals surface area contributed by atoms with Crippen LogP contribution < -0.4 is 5.32 Å². The first-order valence-corrected chi connectivity index (χ1v) is 5.66. The third kappa shape index (κ3) is 2.93. The lowest BCUT2D eigenvalue weighted by atomic mass is 10.2. The number of aromatic nitrogens is 2. The predicted molar refractivity (Wildman–Crippen MR) is 61.8 cm³/mol. The van der Waals surface area contributed by atoms with Crippen molar-refractivity contribution in [3.63, 3.8) is 0 Å². The highest BCUT2D eigenvalue weighted by Gasteiger charge is 2.16. The highest BCUT2D eigenvalue weighted by Crippen LogP contribution is 2.22. The first kappa shape index (κ1) is 13.5. The second-order valence-corrected chi connectivity index (χ2v) is 4.16. The Bertz CT molecular complexity index is 562. The molecule has 0 saturated carbocycles. The summed E-state index contributed by atoms with van der Waals surface area (Å²) in [5, 5.41) is 6.69. The van der Waals surface area contributed by atoms with E-state index in [0.717, 1.165) is 12.1 Å². The lowest BCUT2D eigenvalue weighted by Crippen LogP contribution is -2.24. The average Bonchev–Trinajstić information content (AvgIpc) is 2.83. The van der Waals surface area contributed by atoms with Crippen LogP contribution in [0, 0.1) is 17.5 Å². The summed E-state index contributed by atoms with van der Waals surface area (Å²) < 4.78 is 43.9. The quantitative estimate of drug-likeness (QED) is 0.867. The topological polar surface area (TPSA) is 51.0 Å². The minimum atomic E-state index is -1.52. The molecule has 0 aliphatic heterocycles. The molecule has 1 unspecified atom stereocenters. The molecule has 0 fully saturated rings. The molecule has 1 N–H and O–H groups in total. The number of hydrogen-bond donors (Lipinski definition) is 1. The predicted octanol–water partition coefficient (Wildman–Crippen LogP) is 2.30. The van der Waals surface area contributed by atoms with Crippen LogP contribution in [0.5, 0.6) is 0 Å². The molecule has 1 atom stereocenters. The lowest BCUT2D eigenvalue weighted by molar-refractivity contribution is 0.415. The Hall–Kier alpha value is -1.89. The smallest absolute Gasteiger partial charge is 0.258 e. The van der Waals surface area contributed by atoms with Crippen molar-refractivity contribution in [2.24, 2.45) is 0 Å². The summed E-state index contributed by atoms with van der Waals surface area (Å²) in [6.07, 6.45) is 0.506. The van der Waals surface area contributed by atoms with Gasteiger partial charge in [-0.15, -0.1) is 0 Å². The van der Waals surface area contributed by atoms with Crippen molar-refractivity contribution in [3.05, 3.63) is 35.4 Å². The van der Waals surface area contributed by atoms with Crippen LogP contribution in [-0.2, 0) is 6.42 Å². The van der Waals surface area contributed by atoms with Crippen molar-refractivity contribution in [1.29, 1.82) is 0 Å². The minimum absolute atomic E-state index is 0.00672. The molecule has 1 aromatic heterocycles. The van der Waals surface area contributed by atoms with E-state index in [9.17, 15) is 13.2 Å². The summed E-state index contributed by atoms with van der Waals surface area (Å²) in [5.74, 6) is -3.75. The Morgan fingerprint density at radius 2 is 1.89 bits per heavy atom. The van der Waals surface area contributed by atoms with Crippen LogP contribution in [0.25, 0.3) is 11.5 Å². The lowest BCUT2D eigenvalue weighted by Gasteiger charge is -2.04. The van der Waals surface area contributed by atoms with Gasteiger partial charge in [0.1, 0.15) is 0 Å². The monoisotopic (exact) mass is 271 g/mol. The third-order valence-corrected chi connectivity index (χ3v) is 2.68. The molecule has 0 radical (unpaired) electrons. The van der Waals surface area contributed by atoms with Crippen molar-refractivity contribution >= 4 is 0 Å². The Labute approximate surface area is 107 Å². The van der Waals surface area contributed by atoms with Gasteiger partial charge < -0.3 is 9.84 Å². The van der Waals surface area contributed by atoms with Gasteiger partial charge in [-0.2, -0.15) is 4.98 Å². The van der Waals surface area contributed by atoms with Crippen LogP contribution in [-0.4, -0.2) is 23.2 Å². The van der Waals surface area contributed by atoms with Crippen molar-refractivity contribution < 1.29 is 17.7 Å². The number of nitrogens with zero attached hydrogens (tertiary/aromatic N) is 2. The van der Waals surface area contributed by atoms with Gasteiger partial charge in [0.15, 0.2) is 23.3 Å². The van der Waals surface area contributed by atoms with Gasteiger partial charge in [-0.3, -0.25) is 0 Å². The van der Waals surface area contributed by atoms with Gasteiger partial charge in [-0.25, -0.2) is 13.2 Å². The van der Waals surface area contributed by atoms with E-state index in [4.69, 9.17) is 4.52 Å². The molecule has 0 spiro atoms. The number of nitrogens with one attached hydrogen (secondary N) is 1. The standard InChI is InChI=1S/C12H12F3N3O/c1-6(16-2)3-10-17-12(19-18-10)7-4-8(13)11(15)9(14)5-7/h4-6,16H,3H2,1-2H3. The van der Waals surface area contributed by atoms with Crippen LogP contribution in [0.1, 0.15) is 12.7 Å². The Morgan fingerprint density at radius 3 is 2.47 bits per heavy atom. The molecule has 1 aromatic carbocycles. The van der Waals surface area contributed by atoms with E-state index in [-0.39, 0.29) is 17.5 Å². The van der Waals surface area contributed by atoms with Gasteiger partial charge >= 0.3 is 0 Å². The highest BCUT2D eigenvalue weighted by molar-refractivity contribution is 5.53. The highest BCUT2D eigenvalue weighted by atomic mass is 19.2. The van der Waals surface area contributed by atoms with Gasteiger partial charge in [-0.05, 0) is 26.1 Å². The minimum Gasteiger partial charge on any atom is -0.334 e. The summed E-state index contributed by atoms with van der Waals surface area (Å²) in [6, 6.07) is 1.76. The maximum Gasteiger partial charge on any atom is 0.258 e. The van der Waals surface area contributed by atoms with Gasteiger partial charge in [0.25, 0.3) is 5.89 Å².